The lowest BCUT2D eigenvalue weighted by molar-refractivity contribution is 0.0787. The molecule has 2 heterocycles. The zero-order chi connectivity index (χ0) is 15.5. The number of hydrogen-bond acceptors (Lipinski definition) is 3. The number of carbonyl (C=O) groups excluding carboxylic acids is 1. The summed E-state index contributed by atoms with van der Waals surface area (Å²) in [7, 11) is 1.95. The minimum Gasteiger partial charge on any atom is -0.338 e. The molecule has 0 saturated carbocycles. The van der Waals surface area contributed by atoms with Crippen LogP contribution in [0.1, 0.15) is 16.8 Å². The van der Waals surface area contributed by atoms with E-state index in [1.807, 2.05) is 36.2 Å². The highest BCUT2D eigenvalue weighted by atomic mass is 79.9. The zero-order valence-corrected chi connectivity index (χ0v) is 15.3. The monoisotopic (exact) mass is 398 g/mol. The molecule has 1 fully saturated rings. The van der Waals surface area contributed by atoms with E-state index in [2.05, 4.69) is 26.3 Å². The van der Waals surface area contributed by atoms with Gasteiger partial charge in [0.1, 0.15) is 0 Å². The smallest absolute Gasteiger partial charge is 0.257 e. The van der Waals surface area contributed by atoms with Crippen molar-refractivity contribution in [1.82, 2.24) is 20.0 Å². The highest BCUT2D eigenvalue weighted by Gasteiger charge is 2.27. The van der Waals surface area contributed by atoms with Crippen LogP contribution < -0.4 is 5.32 Å². The molecule has 1 amide bonds. The van der Waals surface area contributed by atoms with Gasteiger partial charge in [-0.05, 0) is 44.1 Å². The van der Waals surface area contributed by atoms with E-state index >= 15 is 0 Å². The normalized spacial score (nSPS) is 17.1. The van der Waals surface area contributed by atoms with Crippen molar-refractivity contribution in [2.45, 2.75) is 6.42 Å². The van der Waals surface area contributed by atoms with Gasteiger partial charge in [-0.25, -0.2) is 4.68 Å². The molecular formula is C16H20BrClN4O. The minimum atomic E-state index is 0. The maximum atomic E-state index is 12.6. The quantitative estimate of drug-likeness (QED) is 0.860. The summed E-state index contributed by atoms with van der Waals surface area (Å²) in [6.45, 7) is 2.61. The molecule has 2 aromatic rings. The number of hydrogen-bond donors (Lipinski definition) is 1. The van der Waals surface area contributed by atoms with Gasteiger partial charge < -0.3 is 10.2 Å². The molecule has 1 saturated heterocycles. The first kappa shape index (κ1) is 18.0. The molecule has 1 N–H and O–H groups in total. The Morgan fingerprint density at radius 2 is 2.30 bits per heavy atom. The number of likely N-dealkylation sites (tertiary alicyclic amines) is 1. The molecule has 7 heteroatoms. The first-order valence-corrected chi connectivity index (χ1v) is 8.21. The van der Waals surface area contributed by atoms with Crippen LogP contribution in [-0.2, 0) is 0 Å². The van der Waals surface area contributed by atoms with Gasteiger partial charge in [-0.15, -0.1) is 12.4 Å². The molecule has 0 radical (unpaired) electrons. The van der Waals surface area contributed by atoms with Crippen molar-refractivity contribution >= 4 is 34.2 Å². The number of nitrogens with one attached hydrogen (secondary N) is 1. The summed E-state index contributed by atoms with van der Waals surface area (Å²) >= 11 is 3.45. The van der Waals surface area contributed by atoms with Crippen molar-refractivity contribution in [2.24, 2.45) is 5.92 Å². The second-order valence-corrected chi connectivity index (χ2v) is 6.53. The second kappa shape index (κ2) is 7.95. The van der Waals surface area contributed by atoms with E-state index in [4.69, 9.17) is 0 Å². The Morgan fingerprint density at radius 1 is 1.48 bits per heavy atom. The summed E-state index contributed by atoms with van der Waals surface area (Å²) in [6, 6.07) is 7.85. The van der Waals surface area contributed by atoms with E-state index in [1.165, 1.54) is 0 Å². The Balaban J connectivity index is 0.00000192. The summed E-state index contributed by atoms with van der Waals surface area (Å²) in [5, 5.41) is 7.49. The first-order chi connectivity index (χ1) is 10.7. The molecule has 23 heavy (non-hydrogen) atoms. The van der Waals surface area contributed by atoms with Gasteiger partial charge in [0.05, 0.1) is 17.4 Å². The Kier molecular flexibility index (Phi) is 6.21. The van der Waals surface area contributed by atoms with Crippen LogP contribution in [0, 0.1) is 5.92 Å². The molecule has 1 aliphatic heterocycles. The van der Waals surface area contributed by atoms with Crippen LogP contribution in [0.25, 0.3) is 5.69 Å². The van der Waals surface area contributed by atoms with E-state index in [9.17, 15) is 4.79 Å². The Labute approximate surface area is 150 Å². The maximum absolute atomic E-state index is 12.6. The highest BCUT2D eigenvalue weighted by molar-refractivity contribution is 9.10. The van der Waals surface area contributed by atoms with Crippen molar-refractivity contribution in [2.75, 3.05) is 26.7 Å². The molecule has 0 spiro atoms. The summed E-state index contributed by atoms with van der Waals surface area (Å²) in [5.74, 6) is 0.619. The summed E-state index contributed by atoms with van der Waals surface area (Å²) in [5.41, 5.74) is 1.58. The molecule has 0 bridgehead atoms. The van der Waals surface area contributed by atoms with Gasteiger partial charge in [0.25, 0.3) is 5.91 Å². The maximum Gasteiger partial charge on any atom is 0.257 e. The van der Waals surface area contributed by atoms with E-state index in [0.29, 0.717) is 11.5 Å². The van der Waals surface area contributed by atoms with Crippen LogP contribution in [0.3, 0.4) is 0 Å². The average molecular weight is 400 g/mol. The summed E-state index contributed by atoms with van der Waals surface area (Å²) in [6.07, 6.45) is 4.51. The van der Waals surface area contributed by atoms with Crippen molar-refractivity contribution in [3.05, 3.63) is 46.7 Å². The molecule has 1 aromatic heterocycles. The van der Waals surface area contributed by atoms with E-state index in [1.54, 1.807) is 17.1 Å². The third-order valence-corrected chi connectivity index (χ3v) is 4.46. The highest BCUT2D eigenvalue weighted by Crippen LogP contribution is 2.19. The van der Waals surface area contributed by atoms with Crippen molar-refractivity contribution < 1.29 is 4.79 Å². The molecule has 124 valence electrons. The van der Waals surface area contributed by atoms with Gasteiger partial charge in [-0.1, -0.05) is 22.0 Å². The number of halogens is 2. The molecule has 1 aliphatic rings. The Morgan fingerprint density at radius 3 is 3.04 bits per heavy atom. The predicted octanol–water partition coefficient (Wildman–Crippen LogP) is 2.74. The molecule has 0 aliphatic carbocycles. The standard InChI is InChI=1S/C16H19BrN4O.ClH/c1-18-8-12-5-6-20(10-12)16(22)13-9-19-21(11-13)15-4-2-3-14(17)7-15;/h2-4,7,9,11-12,18H,5-6,8,10H2,1H3;1H. The predicted molar refractivity (Wildman–Crippen MR) is 96.4 cm³/mol. The number of amides is 1. The molecule has 5 nitrogen and oxygen atoms in total. The average Bonchev–Trinajstić information content (AvgIpc) is 3.16. The van der Waals surface area contributed by atoms with E-state index in [-0.39, 0.29) is 18.3 Å². The lowest BCUT2D eigenvalue weighted by Gasteiger charge is -2.15. The lowest BCUT2D eigenvalue weighted by atomic mass is 10.1. The molecule has 3 rings (SSSR count). The van der Waals surface area contributed by atoms with Crippen LogP contribution in [0.4, 0.5) is 0 Å². The van der Waals surface area contributed by atoms with Crippen LogP contribution in [-0.4, -0.2) is 47.3 Å². The van der Waals surface area contributed by atoms with Crippen molar-refractivity contribution in [1.29, 1.82) is 0 Å². The third kappa shape index (κ3) is 4.13. The fourth-order valence-corrected chi connectivity index (χ4v) is 3.24. The van der Waals surface area contributed by atoms with Gasteiger partial charge >= 0.3 is 0 Å². The van der Waals surface area contributed by atoms with Crippen molar-refractivity contribution in [3.63, 3.8) is 0 Å². The van der Waals surface area contributed by atoms with Crippen LogP contribution in [0.15, 0.2) is 41.1 Å². The summed E-state index contributed by atoms with van der Waals surface area (Å²) < 4.78 is 2.72. The van der Waals surface area contributed by atoms with Crippen LogP contribution >= 0.6 is 28.3 Å². The Hall–Kier alpha value is -1.37. The second-order valence-electron chi connectivity index (χ2n) is 5.62. The molecule has 1 unspecified atom stereocenters. The first-order valence-electron chi connectivity index (χ1n) is 7.42. The van der Waals surface area contributed by atoms with Gasteiger partial charge in [0, 0.05) is 23.8 Å². The van der Waals surface area contributed by atoms with E-state index < -0.39 is 0 Å². The number of carbonyl (C=O) groups is 1. The summed E-state index contributed by atoms with van der Waals surface area (Å²) in [4.78, 5) is 14.5. The number of aromatic nitrogens is 2. The fourth-order valence-electron chi connectivity index (χ4n) is 2.85. The SMILES string of the molecule is CNCC1CCN(C(=O)c2cnn(-c3cccc(Br)c3)c2)C1.Cl. The number of nitrogens with zero attached hydrogens (tertiary/aromatic N) is 3. The Bertz CT molecular complexity index is 676. The van der Waals surface area contributed by atoms with Gasteiger partial charge in [-0.3, -0.25) is 4.79 Å². The molecular weight excluding hydrogens is 380 g/mol. The molecule has 1 aromatic carbocycles. The van der Waals surface area contributed by atoms with Crippen LogP contribution in [0.2, 0.25) is 0 Å². The zero-order valence-electron chi connectivity index (χ0n) is 12.9. The van der Waals surface area contributed by atoms with Gasteiger partial charge in [0.15, 0.2) is 0 Å². The fraction of sp³-hybridized carbons (Fsp3) is 0.375. The van der Waals surface area contributed by atoms with Crippen molar-refractivity contribution in [3.8, 4) is 5.69 Å². The van der Waals surface area contributed by atoms with Gasteiger partial charge in [-0.2, -0.15) is 5.10 Å². The number of rotatable bonds is 4. The van der Waals surface area contributed by atoms with Gasteiger partial charge in [0.2, 0.25) is 0 Å². The largest absolute Gasteiger partial charge is 0.338 e. The lowest BCUT2D eigenvalue weighted by Crippen LogP contribution is -2.30. The van der Waals surface area contributed by atoms with E-state index in [0.717, 1.165) is 36.2 Å². The molecule has 1 atom stereocenters. The number of benzene rings is 1. The minimum absolute atomic E-state index is 0. The topological polar surface area (TPSA) is 50.2 Å². The third-order valence-electron chi connectivity index (χ3n) is 3.97. The van der Waals surface area contributed by atoms with Crippen LogP contribution in [0.5, 0.6) is 0 Å².